The molecule has 21 heavy (non-hydrogen) atoms. The number of fused-ring (bicyclic) bond motifs is 1. The molecule has 3 aromatic rings. The van der Waals surface area contributed by atoms with Gasteiger partial charge in [-0.3, -0.25) is 0 Å². The van der Waals surface area contributed by atoms with E-state index in [9.17, 15) is 13.2 Å². The number of benzene rings is 2. The second-order valence-electron chi connectivity index (χ2n) is 4.49. The van der Waals surface area contributed by atoms with Crippen LogP contribution >= 0.6 is 0 Å². The molecule has 106 valence electrons. The maximum absolute atomic E-state index is 13.1. The van der Waals surface area contributed by atoms with Crippen LogP contribution in [0.4, 0.5) is 19.0 Å². The number of nitrogens with two attached hydrogens (primary N) is 1. The Kier molecular flexibility index (Phi) is 3.01. The standard InChI is InChI=1S/C15H10F3N3/c16-15(17,18)11-7-3-1-5-9(11)14-20-12-8-4-2-6-10(12)13(19)21-14/h1-8H,(H2,19,20,21). The average molecular weight is 289 g/mol. The van der Waals surface area contributed by atoms with Crippen molar-refractivity contribution in [2.75, 3.05) is 5.73 Å². The van der Waals surface area contributed by atoms with Crippen LogP contribution in [0.3, 0.4) is 0 Å². The fourth-order valence-corrected chi connectivity index (χ4v) is 2.15. The summed E-state index contributed by atoms with van der Waals surface area (Å²) in [5, 5.41) is 0.616. The van der Waals surface area contributed by atoms with E-state index in [1.807, 2.05) is 0 Å². The number of nitrogen functional groups attached to an aromatic ring is 1. The molecule has 6 heteroatoms. The van der Waals surface area contributed by atoms with E-state index in [0.717, 1.165) is 6.07 Å². The van der Waals surface area contributed by atoms with Crippen LogP contribution in [0.2, 0.25) is 0 Å². The molecule has 0 unspecified atom stereocenters. The highest BCUT2D eigenvalue weighted by Gasteiger charge is 2.34. The summed E-state index contributed by atoms with van der Waals surface area (Å²) >= 11 is 0. The van der Waals surface area contributed by atoms with E-state index in [-0.39, 0.29) is 17.2 Å². The highest BCUT2D eigenvalue weighted by molar-refractivity contribution is 5.89. The number of anilines is 1. The molecule has 3 rings (SSSR count). The molecule has 0 spiro atoms. The number of hydrogen-bond donors (Lipinski definition) is 1. The van der Waals surface area contributed by atoms with E-state index in [2.05, 4.69) is 9.97 Å². The van der Waals surface area contributed by atoms with Crippen LogP contribution in [0.5, 0.6) is 0 Å². The molecule has 1 heterocycles. The number of hydrogen-bond acceptors (Lipinski definition) is 3. The van der Waals surface area contributed by atoms with Crippen molar-refractivity contribution in [3.8, 4) is 11.4 Å². The Hall–Kier alpha value is -2.63. The summed E-state index contributed by atoms with van der Waals surface area (Å²) in [5.74, 6) is 0.131. The molecule has 0 atom stereocenters. The molecule has 2 aromatic carbocycles. The molecule has 1 aromatic heterocycles. The van der Waals surface area contributed by atoms with Gasteiger partial charge < -0.3 is 5.73 Å². The zero-order chi connectivity index (χ0) is 15.0. The summed E-state index contributed by atoms with van der Waals surface area (Å²) in [4.78, 5) is 8.20. The van der Waals surface area contributed by atoms with E-state index >= 15 is 0 Å². The summed E-state index contributed by atoms with van der Waals surface area (Å²) in [6.45, 7) is 0. The lowest BCUT2D eigenvalue weighted by Crippen LogP contribution is -2.08. The molecule has 0 amide bonds. The number of alkyl halides is 3. The smallest absolute Gasteiger partial charge is 0.383 e. The van der Waals surface area contributed by atoms with E-state index in [1.165, 1.54) is 18.2 Å². The van der Waals surface area contributed by atoms with Gasteiger partial charge in [0.15, 0.2) is 5.82 Å². The van der Waals surface area contributed by atoms with Crippen molar-refractivity contribution in [3.05, 3.63) is 54.1 Å². The van der Waals surface area contributed by atoms with Crippen molar-refractivity contribution in [3.63, 3.8) is 0 Å². The number of nitrogens with zero attached hydrogens (tertiary/aromatic N) is 2. The van der Waals surface area contributed by atoms with Crippen molar-refractivity contribution in [1.82, 2.24) is 9.97 Å². The van der Waals surface area contributed by atoms with Crippen LogP contribution in [0.1, 0.15) is 5.56 Å². The van der Waals surface area contributed by atoms with Gasteiger partial charge in [-0.25, -0.2) is 9.97 Å². The van der Waals surface area contributed by atoms with Gasteiger partial charge in [-0.2, -0.15) is 13.2 Å². The lowest BCUT2D eigenvalue weighted by molar-refractivity contribution is -0.137. The first-order valence-corrected chi connectivity index (χ1v) is 6.15. The highest BCUT2D eigenvalue weighted by atomic mass is 19.4. The zero-order valence-corrected chi connectivity index (χ0v) is 10.7. The molecule has 0 saturated carbocycles. The fourth-order valence-electron chi connectivity index (χ4n) is 2.15. The van der Waals surface area contributed by atoms with Crippen LogP contribution in [-0.2, 0) is 6.18 Å². The fraction of sp³-hybridized carbons (Fsp3) is 0.0667. The van der Waals surface area contributed by atoms with E-state index in [4.69, 9.17) is 5.73 Å². The Bertz CT molecular complexity index is 813. The van der Waals surface area contributed by atoms with Gasteiger partial charge >= 0.3 is 6.18 Å². The Morgan fingerprint density at radius 2 is 1.52 bits per heavy atom. The minimum Gasteiger partial charge on any atom is -0.383 e. The van der Waals surface area contributed by atoms with Crippen LogP contribution in [0.25, 0.3) is 22.3 Å². The largest absolute Gasteiger partial charge is 0.417 e. The van der Waals surface area contributed by atoms with Crippen LogP contribution in [0.15, 0.2) is 48.5 Å². The van der Waals surface area contributed by atoms with Gasteiger partial charge in [0.25, 0.3) is 0 Å². The van der Waals surface area contributed by atoms with Crippen molar-refractivity contribution in [1.29, 1.82) is 0 Å². The van der Waals surface area contributed by atoms with Gasteiger partial charge in [-0.15, -0.1) is 0 Å². The summed E-state index contributed by atoms with van der Waals surface area (Å²) in [5.41, 5.74) is 5.47. The van der Waals surface area contributed by atoms with Gasteiger partial charge in [0, 0.05) is 10.9 Å². The van der Waals surface area contributed by atoms with Crippen molar-refractivity contribution in [2.45, 2.75) is 6.18 Å². The third kappa shape index (κ3) is 2.40. The van der Waals surface area contributed by atoms with Crippen LogP contribution < -0.4 is 5.73 Å². The molecule has 0 aliphatic rings. The van der Waals surface area contributed by atoms with Gasteiger partial charge in [0.2, 0.25) is 0 Å². The SMILES string of the molecule is Nc1nc(-c2ccccc2C(F)(F)F)nc2ccccc12. The van der Waals surface area contributed by atoms with Crippen molar-refractivity contribution in [2.24, 2.45) is 0 Å². The number of para-hydroxylation sites is 1. The average Bonchev–Trinajstić information content (AvgIpc) is 2.46. The molecule has 0 saturated heterocycles. The normalized spacial score (nSPS) is 11.8. The third-order valence-electron chi connectivity index (χ3n) is 3.11. The van der Waals surface area contributed by atoms with Gasteiger partial charge in [-0.05, 0) is 18.2 Å². The highest BCUT2D eigenvalue weighted by Crippen LogP contribution is 2.36. The molecular weight excluding hydrogens is 279 g/mol. The van der Waals surface area contributed by atoms with Crippen LogP contribution in [0, 0.1) is 0 Å². The monoisotopic (exact) mass is 289 g/mol. The van der Waals surface area contributed by atoms with E-state index in [0.29, 0.717) is 10.9 Å². The minimum atomic E-state index is -4.47. The molecule has 0 bridgehead atoms. The lowest BCUT2D eigenvalue weighted by atomic mass is 10.1. The third-order valence-corrected chi connectivity index (χ3v) is 3.11. The maximum atomic E-state index is 13.1. The molecule has 2 N–H and O–H groups in total. The Morgan fingerprint density at radius 3 is 2.29 bits per heavy atom. The number of aromatic nitrogens is 2. The first kappa shape index (κ1) is 13.4. The quantitative estimate of drug-likeness (QED) is 0.739. The first-order chi connectivity index (χ1) is 9.97. The molecule has 3 nitrogen and oxygen atoms in total. The molecule has 0 fully saturated rings. The van der Waals surface area contributed by atoms with E-state index < -0.39 is 11.7 Å². The van der Waals surface area contributed by atoms with Crippen molar-refractivity contribution < 1.29 is 13.2 Å². The van der Waals surface area contributed by atoms with Gasteiger partial charge in [-0.1, -0.05) is 30.3 Å². The summed E-state index contributed by atoms with van der Waals surface area (Å²) in [7, 11) is 0. The summed E-state index contributed by atoms with van der Waals surface area (Å²) < 4.78 is 39.2. The summed E-state index contributed by atoms with van der Waals surface area (Å²) in [6, 6.07) is 12.1. The number of halogens is 3. The van der Waals surface area contributed by atoms with Crippen LogP contribution in [-0.4, -0.2) is 9.97 Å². The van der Waals surface area contributed by atoms with Gasteiger partial charge in [0.1, 0.15) is 5.82 Å². The van der Waals surface area contributed by atoms with Gasteiger partial charge in [0.05, 0.1) is 11.1 Å². The van der Waals surface area contributed by atoms with Crippen molar-refractivity contribution >= 4 is 16.7 Å². The zero-order valence-electron chi connectivity index (χ0n) is 10.7. The molecular formula is C15H10F3N3. The molecule has 0 radical (unpaired) electrons. The Morgan fingerprint density at radius 1 is 0.857 bits per heavy atom. The van der Waals surface area contributed by atoms with E-state index in [1.54, 1.807) is 24.3 Å². The first-order valence-electron chi connectivity index (χ1n) is 6.15. The minimum absolute atomic E-state index is 0.0286. The second-order valence-corrected chi connectivity index (χ2v) is 4.49. The predicted molar refractivity (Wildman–Crippen MR) is 74.4 cm³/mol. The summed E-state index contributed by atoms with van der Waals surface area (Å²) in [6.07, 6.45) is -4.47. The topological polar surface area (TPSA) is 51.8 Å². The molecule has 0 aliphatic carbocycles. The lowest BCUT2D eigenvalue weighted by Gasteiger charge is -2.12. The Balaban J connectivity index is 2.27. The molecule has 0 aliphatic heterocycles. The predicted octanol–water partition coefficient (Wildman–Crippen LogP) is 3.90. The Labute approximate surface area is 118 Å². The number of rotatable bonds is 1. The second kappa shape index (κ2) is 4.73. The maximum Gasteiger partial charge on any atom is 0.417 e.